The third kappa shape index (κ3) is 3.70. The van der Waals surface area contributed by atoms with Crippen LogP contribution in [0.2, 0.25) is 0 Å². The van der Waals surface area contributed by atoms with Crippen LogP contribution in [0.1, 0.15) is 37.5 Å². The summed E-state index contributed by atoms with van der Waals surface area (Å²) in [6.45, 7) is 0.519. The molecule has 0 unspecified atom stereocenters. The van der Waals surface area contributed by atoms with Crippen molar-refractivity contribution in [1.82, 2.24) is 9.88 Å². The Balaban J connectivity index is 1.73. The third-order valence-electron chi connectivity index (χ3n) is 3.68. The molecule has 1 aliphatic rings. The Hall–Kier alpha value is -1.55. The minimum absolute atomic E-state index is 0.108. The van der Waals surface area contributed by atoms with Crippen molar-refractivity contribution >= 4 is 5.91 Å². The average molecular weight is 262 g/mol. The number of carbonyl (C=O) groups is 1. The van der Waals surface area contributed by atoms with E-state index in [1.807, 2.05) is 29.9 Å². The molecule has 0 aromatic carbocycles. The lowest BCUT2D eigenvalue weighted by atomic mass is 9.93. The molecule has 0 bridgehead atoms. The van der Waals surface area contributed by atoms with E-state index in [0.717, 1.165) is 25.0 Å². The van der Waals surface area contributed by atoms with Gasteiger partial charge in [-0.25, -0.2) is 0 Å². The summed E-state index contributed by atoms with van der Waals surface area (Å²) in [7, 11) is 1.91. The summed E-state index contributed by atoms with van der Waals surface area (Å²) in [5, 5.41) is 13.0. The minimum atomic E-state index is -0.522. The molecule has 4 heteroatoms. The third-order valence-corrected chi connectivity index (χ3v) is 3.68. The molecule has 1 amide bonds. The molecule has 2 N–H and O–H groups in total. The fourth-order valence-electron chi connectivity index (χ4n) is 2.48. The van der Waals surface area contributed by atoms with E-state index in [4.69, 9.17) is 0 Å². The number of nitrogens with zero attached hydrogens (tertiary/aromatic N) is 1. The van der Waals surface area contributed by atoms with Crippen molar-refractivity contribution in [3.8, 4) is 0 Å². The SMILES string of the molecule is Cn1cccc1[C@H](O)CCNC(=O)[C@@H]1CC=CCC1. The average Bonchev–Trinajstić information content (AvgIpc) is 2.86. The fourth-order valence-corrected chi connectivity index (χ4v) is 2.48. The number of aromatic nitrogens is 1. The van der Waals surface area contributed by atoms with Crippen LogP contribution in [0.15, 0.2) is 30.5 Å². The van der Waals surface area contributed by atoms with Gasteiger partial charge >= 0.3 is 0 Å². The number of hydrogen-bond acceptors (Lipinski definition) is 2. The van der Waals surface area contributed by atoms with Crippen molar-refractivity contribution in [2.75, 3.05) is 6.54 Å². The monoisotopic (exact) mass is 262 g/mol. The largest absolute Gasteiger partial charge is 0.387 e. The van der Waals surface area contributed by atoms with Gasteiger partial charge in [-0.05, 0) is 37.8 Å². The first-order valence-corrected chi connectivity index (χ1v) is 6.90. The highest BCUT2D eigenvalue weighted by Crippen LogP contribution is 2.19. The van der Waals surface area contributed by atoms with E-state index in [1.54, 1.807) is 0 Å². The predicted octanol–water partition coefficient (Wildman–Crippen LogP) is 1.92. The summed E-state index contributed by atoms with van der Waals surface area (Å²) < 4.78 is 1.90. The van der Waals surface area contributed by atoms with Crippen molar-refractivity contribution in [3.05, 3.63) is 36.2 Å². The van der Waals surface area contributed by atoms with Crippen LogP contribution in [-0.4, -0.2) is 22.1 Å². The molecular weight excluding hydrogens is 240 g/mol. The summed E-state index contributed by atoms with van der Waals surface area (Å²) in [5.74, 6) is 0.223. The highest BCUT2D eigenvalue weighted by Gasteiger charge is 2.18. The van der Waals surface area contributed by atoms with Crippen LogP contribution in [0, 0.1) is 5.92 Å². The Kier molecular flexibility index (Phi) is 4.80. The van der Waals surface area contributed by atoms with Gasteiger partial charge in [0.05, 0.1) is 6.10 Å². The van der Waals surface area contributed by atoms with E-state index >= 15 is 0 Å². The number of hydrogen-bond donors (Lipinski definition) is 2. The lowest BCUT2D eigenvalue weighted by molar-refractivity contribution is -0.125. The lowest BCUT2D eigenvalue weighted by Gasteiger charge is -2.18. The van der Waals surface area contributed by atoms with Gasteiger partial charge in [0.2, 0.25) is 5.91 Å². The molecule has 4 nitrogen and oxygen atoms in total. The van der Waals surface area contributed by atoms with Crippen LogP contribution in [0.3, 0.4) is 0 Å². The second kappa shape index (κ2) is 6.57. The summed E-state index contributed by atoms with van der Waals surface area (Å²) in [5.41, 5.74) is 0.884. The standard InChI is InChI=1S/C15H22N2O2/c1-17-11-5-8-13(17)14(18)9-10-16-15(19)12-6-3-2-4-7-12/h2-3,5,8,11-12,14,18H,4,6-7,9-10H2,1H3,(H,16,19)/t12-,14-/m1/s1. The lowest BCUT2D eigenvalue weighted by Crippen LogP contribution is -2.32. The van der Waals surface area contributed by atoms with Crippen molar-refractivity contribution in [2.24, 2.45) is 13.0 Å². The fraction of sp³-hybridized carbons (Fsp3) is 0.533. The quantitative estimate of drug-likeness (QED) is 0.797. The first kappa shape index (κ1) is 13.9. The van der Waals surface area contributed by atoms with Crippen LogP contribution in [0.5, 0.6) is 0 Å². The summed E-state index contributed by atoms with van der Waals surface area (Å²) >= 11 is 0. The molecule has 2 rings (SSSR count). The maximum absolute atomic E-state index is 11.9. The van der Waals surface area contributed by atoms with Gasteiger partial charge in [0.25, 0.3) is 0 Å². The topological polar surface area (TPSA) is 54.3 Å². The predicted molar refractivity (Wildman–Crippen MR) is 74.5 cm³/mol. The minimum Gasteiger partial charge on any atom is -0.387 e. The molecule has 0 radical (unpaired) electrons. The van der Waals surface area contributed by atoms with Crippen LogP contribution in [0.25, 0.3) is 0 Å². The number of allylic oxidation sites excluding steroid dienone is 2. The van der Waals surface area contributed by atoms with Gasteiger partial charge in [-0.3, -0.25) is 4.79 Å². The van der Waals surface area contributed by atoms with Crippen LogP contribution in [0.4, 0.5) is 0 Å². The zero-order valence-electron chi connectivity index (χ0n) is 11.4. The van der Waals surface area contributed by atoms with E-state index in [-0.39, 0.29) is 11.8 Å². The number of aliphatic hydroxyl groups excluding tert-OH is 1. The number of carbonyl (C=O) groups excluding carboxylic acids is 1. The summed E-state index contributed by atoms with van der Waals surface area (Å²) in [6, 6.07) is 3.81. The Bertz CT molecular complexity index is 451. The molecule has 0 aliphatic heterocycles. The van der Waals surface area contributed by atoms with E-state index in [1.165, 1.54) is 0 Å². The number of amides is 1. The van der Waals surface area contributed by atoms with E-state index in [9.17, 15) is 9.90 Å². The Morgan fingerprint density at radius 2 is 2.42 bits per heavy atom. The first-order valence-electron chi connectivity index (χ1n) is 6.90. The molecule has 19 heavy (non-hydrogen) atoms. The van der Waals surface area contributed by atoms with Crippen molar-refractivity contribution in [1.29, 1.82) is 0 Å². The maximum Gasteiger partial charge on any atom is 0.223 e. The first-order chi connectivity index (χ1) is 9.18. The molecule has 0 spiro atoms. The second-order valence-electron chi connectivity index (χ2n) is 5.12. The van der Waals surface area contributed by atoms with Gasteiger partial charge in [0, 0.05) is 31.4 Å². The summed E-state index contributed by atoms with van der Waals surface area (Å²) in [6.07, 6.45) is 8.90. The normalized spacial score (nSPS) is 20.2. The zero-order chi connectivity index (χ0) is 13.7. The highest BCUT2D eigenvalue weighted by molar-refractivity contribution is 5.78. The Morgan fingerprint density at radius 3 is 3.05 bits per heavy atom. The molecule has 1 aliphatic carbocycles. The van der Waals surface area contributed by atoms with Crippen LogP contribution in [-0.2, 0) is 11.8 Å². The molecular formula is C15H22N2O2. The van der Waals surface area contributed by atoms with Gasteiger partial charge in [-0.1, -0.05) is 12.2 Å². The molecule has 0 saturated carbocycles. The van der Waals surface area contributed by atoms with Gasteiger partial charge in [-0.15, -0.1) is 0 Å². The van der Waals surface area contributed by atoms with Gasteiger partial charge in [-0.2, -0.15) is 0 Å². The summed E-state index contributed by atoms with van der Waals surface area (Å²) in [4.78, 5) is 11.9. The van der Waals surface area contributed by atoms with E-state index < -0.39 is 6.10 Å². The molecule has 104 valence electrons. The molecule has 1 heterocycles. The smallest absolute Gasteiger partial charge is 0.223 e. The molecule has 1 aromatic rings. The molecule has 0 saturated heterocycles. The highest BCUT2D eigenvalue weighted by atomic mass is 16.3. The van der Waals surface area contributed by atoms with E-state index in [0.29, 0.717) is 13.0 Å². The second-order valence-corrected chi connectivity index (χ2v) is 5.12. The van der Waals surface area contributed by atoms with Crippen LogP contribution < -0.4 is 5.32 Å². The zero-order valence-corrected chi connectivity index (χ0v) is 11.4. The molecule has 1 aromatic heterocycles. The van der Waals surface area contributed by atoms with Crippen molar-refractivity contribution < 1.29 is 9.90 Å². The number of rotatable bonds is 5. The van der Waals surface area contributed by atoms with Crippen molar-refractivity contribution in [2.45, 2.75) is 31.8 Å². The Labute approximate surface area is 114 Å². The number of nitrogens with one attached hydrogen (secondary N) is 1. The van der Waals surface area contributed by atoms with E-state index in [2.05, 4.69) is 17.5 Å². The van der Waals surface area contributed by atoms with Gasteiger partial charge in [0.15, 0.2) is 0 Å². The molecule has 2 atom stereocenters. The number of aliphatic hydroxyl groups is 1. The number of aryl methyl sites for hydroxylation is 1. The van der Waals surface area contributed by atoms with Gasteiger partial charge in [0.1, 0.15) is 0 Å². The maximum atomic E-state index is 11.9. The van der Waals surface area contributed by atoms with Gasteiger partial charge < -0.3 is 15.0 Å². The van der Waals surface area contributed by atoms with Crippen LogP contribution >= 0.6 is 0 Å². The van der Waals surface area contributed by atoms with Crippen molar-refractivity contribution in [3.63, 3.8) is 0 Å². The Morgan fingerprint density at radius 1 is 1.58 bits per heavy atom. The molecule has 0 fully saturated rings.